The van der Waals surface area contributed by atoms with E-state index in [1.165, 1.54) is 0 Å². The summed E-state index contributed by atoms with van der Waals surface area (Å²) in [6.45, 7) is 11.3. The van der Waals surface area contributed by atoms with Crippen LogP contribution < -0.4 is 9.47 Å². The van der Waals surface area contributed by atoms with Crippen LogP contribution in [0.1, 0.15) is 49.4 Å². The van der Waals surface area contributed by atoms with Crippen LogP contribution in [-0.2, 0) is 14.3 Å². The van der Waals surface area contributed by atoms with Gasteiger partial charge in [0.15, 0.2) is 0 Å². The number of hydrogen-bond acceptors (Lipinski definition) is 7. The van der Waals surface area contributed by atoms with Gasteiger partial charge in [-0.3, -0.25) is 14.5 Å². The Balaban J connectivity index is 1.67. The minimum atomic E-state index is -0.688. The summed E-state index contributed by atoms with van der Waals surface area (Å²) in [6, 6.07) is 12.0. The summed E-state index contributed by atoms with van der Waals surface area (Å²) in [4.78, 5) is 30.5. The molecule has 0 saturated carbocycles. The molecule has 1 atom stereocenters. The average Bonchev–Trinajstić information content (AvgIpc) is 3.18. The molecular formula is C30H38N2O6. The first-order valence-electron chi connectivity index (χ1n) is 13.5. The number of Topliss-reactive ketones (excluding diaryl/α,β-unsaturated/α-hetero) is 1. The van der Waals surface area contributed by atoms with Crippen LogP contribution >= 0.6 is 0 Å². The normalized spacial score (nSPS) is 19.7. The summed E-state index contributed by atoms with van der Waals surface area (Å²) in [5, 5.41) is 11.4. The van der Waals surface area contributed by atoms with Crippen molar-refractivity contribution in [3.8, 4) is 11.5 Å². The fourth-order valence-corrected chi connectivity index (χ4v) is 4.98. The molecule has 0 spiro atoms. The van der Waals surface area contributed by atoms with Crippen molar-refractivity contribution in [2.45, 2.75) is 39.7 Å². The number of amides is 1. The smallest absolute Gasteiger partial charge is 0.295 e. The van der Waals surface area contributed by atoms with Gasteiger partial charge in [-0.2, -0.15) is 0 Å². The summed E-state index contributed by atoms with van der Waals surface area (Å²) in [5.41, 5.74) is 2.17. The van der Waals surface area contributed by atoms with E-state index in [4.69, 9.17) is 14.2 Å². The van der Waals surface area contributed by atoms with Crippen molar-refractivity contribution in [1.29, 1.82) is 0 Å². The summed E-state index contributed by atoms with van der Waals surface area (Å²) >= 11 is 0. The lowest BCUT2D eigenvalue weighted by Crippen LogP contribution is -2.38. The Morgan fingerprint density at radius 1 is 1.03 bits per heavy atom. The number of aryl methyl sites for hydroxylation is 1. The molecule has 2 aromatic rings. The second kappa shape index (κ2) is 12.9. The molecule has 2 aliphatic rings. The maximum Gasteiger partial charge on any atom is 0.295 e. The third-order valence-electron chi connectivity index (χ3n) is 6.93. The fraction of sp³-hybridized carbons (Fsp3) is 0.467. The number of aliphatic hydroxyl groups excluding tert-OH is 1. The van der Waals surface area contributed by atoms with Gasteiger partial charge in [-0.05, 0) is 68.1 Å². The van der Waals surface area contributed by atoms with E-state index in [-0.39, 0.29) is 11.3 Å². The van der Waals surface area contributed by atoms with Gasteiger partial charge in [-0.1, -0.05) is 19.1 Å². The number of likely N-dealkylation sites (tertiary alicyclic amines) is 1. The Hall–Kier alpha value is -3.36. The van der Waals surface area contributed by atoms with Gasteiger partial charge in [0.25, 0.3) is 11.7 Å². The molecule has 204 valence electrons. The van der Waals surface area contributed by atoms with Crippen molar-refractivity contribution in [2.75, 3.05) is 52.6 Å². The molecule has 0 radical (unpaired) electrons. The van der Waals surface area contributed by atoms with Crippen LogP contribution in [0.15, 0.2) is 48.0 Å². The van der Waals surface area contributed by atoms with Crippen LogP contribution in [0.25, 0.3) is 5.76 Å². The molecule has 1 unspecified atom stereocenters. The topological polar surface area (TPSA) is 88.5 Å². The van der Waals surface area contributed by atoms with Crippen LogP contribution in [0.4, 0.5) is 0 Å². The van der Waals surface area contributed by atoms with Gasteiger partial charge in [0.05, 0.1) is 38.0 Å². The number of ether oxygens (including phenoxy) is 3. The Morgan fingerprint density at radius 3 is 2.42 bits per heavy atom. The van der Waals surface area contributed by atoms with Gasteiger partial charge in [0.1, 0.15) is 17.3 Å². The second-order valence-electron chi connectivity index (χ2n) is 9.63. The summed E-state index contributed by atoms with van der Waals surface area (Å²) in [7, 11) is 0. The predicted molar refractivity (Wildman–Crippen MR) is 145 cm³/mol. The number of morpholine rings is 1. The molecule has 2 fully saturated rings. The van der Waals surface area contributed by atoms with E-state index in [1.54, 1.807) is 23.1 Å². The number of carbonyl (C=O) groups excluding carboxylic acids is 2. The first kappa shape index (κ1) is 27.7. The van der Waals surface area contributed by atoms with Crippen LogP contribution in [0, 0.1) is 6.92 Å². The molecule has 8 heteroatoms. The molecule has 1 amide bonds. The minimum Gasteiger partial charge on any atom is -0.507 e. The zero-order chi connectivity index (χ0) is 27.1. The van der Waals surface area contributed by atoms with E-state index in [2.05, 4.69) is 4.90 Å². The zero-order valence-electron chi connectivity index (χ0n) is 22.6. The van der Waals surface area contributed by atoms with Crippen molar-refractivity contribution < 1.29 is 28.9 Å². The van der Waals surface area contributed by atoms with Gasteiger partial charge in [0.2, 0.25) is 0 Å². The van der Waals surface area contributed by atoms with Crippen LogP contribution in [0.2, 0.25) is 0 Å². The van der Waals surface area contributed by atoms with E-state index in [0.29, 0.717) is 50.7 Å². The Kier molecular flexibility index (Phi) is 9.42. The third-order valence-corrected chi connectivity index (χ3v) is 6.93. The molecule has 4 rings (SSSR count). The molecule has 0 bridgehead atoms. The van der Waals surface area contributed by atoms with Gasteiger partial charge in [-0.15, -0.1) is 0 Å². The highest BCUT2D eigenvalue weighted by Crippen LogP contribution is 2.40. The highest BCUT2D eigenvalue weighted by molar-refractivity contribution is 6.46. The quantitative estimate of drug-likeness (QED) is 0.267. The largest absolute Gasteiger partial charge is 0.507 e. The maximum atomic E-state index is 13.4. The highest BCUT2D eigenvalue weighted by atomic mass is 16.5. The Morgan fingerprint density at radius 2 is 1.76 bits per heavy atom. The van der Waals surface area contributed by atoms with E-state index >= 15 is 0 Å². The number of hydrogen-bond donors (Lipinski definition) is 1. The predicted octanol–water partition coefficient (Wildman–Crippen LogP) is 4.33. The molecule has 8 nitrogen and oxygen atoms in total. The van der Waals surface area contributed by atoms with E-state index in [0.717, 1.165) is 42.9 Å². The maximum absolute atomic E-state index is 13.4. The van der Waals surface area contributed by atoms with Crippen molar-refractivity contribution in [2.24, 2.45) is 0 Å². The van der Waals surface area contributed by atoms with Crippen LogP contribution in [0.3, 0.4) is 0 Å². The molecule has 0 aliphatic carbocycles. The zero-order valence-corrected chi connectivity index (χ0v) is 22.6. The first-order chi connectivity index (χ1) is 18.4. The van der Waals surface area contributed by atoms with Crippen molar-refractivity contribution >= 4 is 17.4 Å². The SMILES string of the molecule is CCCOc1ccc(C2/C(=C(\O)c3ccc(OCC)c(C)c3)C(=O)C(=O)N2CCCN2CCOCC2)cc1. The molecular weight excluding hydrogens is 484 g/mol. The van der Waals surface area contributed by atoms with Crippen molar-refractivity contribution in [1.82, 2.24) is 9.80 Å². The van der Waals surface area contributed by atoms with E-state index < -0.39 is 17.7 Å². The first-order valence-corrected chi connectivity index (χ1v) is 13.5. The standard InChI is InChI=1S/C30H38N2O6/c1-4-17-38-24-10-7-22(8-11-24)27-26(28(33)23-9-12-25(37-5-2)21(3)20-23)29(34)30(35)32(27)14-6-13-31-15-18-36-19-16-31/h7-12,20,27,33H,4-6,13-19H2,1-3H3/b28-26+. The minimum absolute atomic E-state index is 0.104. The summed E-state index contributed by atoms with van der Waals surface area (Å²) in [5.74, 6) is -0.000425. The number of aliphatic hydroxyl groups is 1. The lowest BCUT2D eigenvalue weighted by molar-refractivity contribution is -0.140. The fourth-order valence-electron chi connectivity index (χ4n) is 4.98. The molecule has 2 saturated heterocycles. The number of benzene rings is 2. The van der Waals surface area contributed by atoms with Crippen molar-refractivity contribution in [3.05, 3.63) is 64.7 Å². The average molecular weight is 523 g/mol. The molecule has 0 aromatic heterocycles. The second-order valence-corrected chi connectivity index (χ2v) is 9.63. The highest BCUT2D eigenvalue weighted by Gasteiger charge is 2.45. The number of ketones is 1. The number of nitrogens with zero attached hydrogens (tertiary/aromatic N) is 2. The van der Waals surface area contributed by atoms with Gasteiger partial charge in [-0.25, -0.2) is 0 Å². The lowest BCUT2D eigenvalue weighted by atomic mass is 9.94. The third kappa shape index (κ3) is 6.19. The van der Waals surface area contributed by atoms with Gasteiger partial charge >= 0.3 is 0 Å². The van der Waals surface area contributed by atoms with Gasteiger partial charge in [0, 0.05) is 31.7 Å². The summed E-state index contributed by atoms with van der Waals surface area (Å²) < 4.78 is 16.8. The van der Waals surface area contributed by atoms with E-state index in [1.807, 2.05) is 45.0 Å². The molecule has 38 heavy (non-hydrogen) atoms. The Labute approximate surface area is 224 Å². The molecule has 2 aliphatic heterocycles. The summed E-state index contributed by atoms with van der Waals surface area (Å²) in [6.07, 6.45) is 1.61. The van der Waals surface area contributed by atoms with Crippen molar-refractivity contribution in [3.63, 3.8) is 0 Å². The number of rotatable bonds is 11. The van der Waals surface area contributed by atoms with Crippen LogP contribution in [-0.4, -0.2) is 79.2 Å². The van der Waals surface area contributed by atoms with E-state index in [9.17, 15) is 14.7 Å². The van der Waals surface area contributed by atoms with Gasteiger partial charge < -0.3 is 24.2 Å². The monoisotopic (exact) mass is 522 g/mol. The molecule has 2 aromatic carbocycles. The number of carbonyl (C=O) groups is 2. The Bertz CT molecular complexity index is 1150. The van der Waals surface area contributed by atoms with Crippen LogP contribution in [0.5, 0.6) is 11.5 Å². The lowest BCUT2D eigenvalue weighted by Gasteiger charge is -2.29. The molecule has 1 N–H and O–H groups in total. The molecule has 2 heterocycles.